The summed E-state index contributed by atoms with van der Waals surface area (Å²) in [6.07, 6.45) is 3.86. The van der Waals surface area contributed by atoms with Crippen molar-refractivity contribution in [1.29, 1.82) is 0 Å². The largest absolute Gasteiger partial charge is 0.385 e. The van der Waals surface area contributed by atoms with Crippen molar-refractivity contribution in [1.82, 2.24) is 0 Å². The second-order valence-electron chi connectivity index (χ2n) is 3.04. The second-order valence-corrected chi connectivity index (χ2v) is 3.04. The van der Waals surface area contributed by atoms with Gasteiger partial charge in [0.1, 0.15) is 0 Å². The lowest BCUT2D eigenvalue weighted by Crippen LogP contribution is -1.98. The van der Waals surface area contributed by atoms with Gasteiger partial charge in [0, 0.05) is 13.7 Å². The fourth-order valence-electron chi connectivity index (χ4n) is 1.57. The molecule has 0 aliphatic carbocycles. The van der Waals surface area contributed by atoms with E-state index in [1.54, 1.807) is 0 Å². The predicted molar refractivity (Wildman–Crippen MR) is 61.3 cm³/mol. The second kappa shape index (κ2) is 5.63. The van der Waals surface area contributed by atoms with Gasteiger partial charge >= 0.3 is 0 Å². The van der Waals surface area contributed by atoms with E-state index in [0.717, 1.165) is 6.54 Å². The van der Waals surface area contributed by atoms with Crippen LogP contribution in [0.4, 0.5) is 5.69 Å². The molecule has 13 heavy (non-hydrogen) atoms. The normalized spacial score (nSPS) is 14.3. The van der Waals surface area contributed by atoms with Crippen LogP contribution in [0.25, 0.3) is 0 Å². The molecule has 0 spiro atoms. The van der Waals surface area contributed by atoms with Gasteiger partial charge in [0.25, 0.3) is 0 Å². The van der Waals surface area contributed by atoms with E-state index in [1.807, 2.05) is 13.8 Å². The zero-order valence-corrected chi connectivity index (χ0v) is 8.64. The van der Waals surface area contributed by atoms with Gasteiger partial charge < -0.3 is 5.32 Å². The van der Waals surface area contributed by atoms with Crippen LogP contribution in [0.5, 0.6) is 0 Å². The Labute approximate surface area is 82.7 Å². The third-order valence-corrected chi connectivity index (χ3v) is 2.21. The molecule has 0 aromatic heterocycles. The molecule has 1 aliphatic rings. The number of benzene rings is 1. The highest BCUT2D eigenvalue weighted by atomic mass is 14.9. The number of fused-ring (bicyclic) bond motifs is 1. The zero-order chi connectivity index (χ0) is 9.52. The van der Waals surface area contributed by atoms with E-state index in [2.05, 4.69) is 29.6 Å². The maximum Gasteiger partial charge on any atom is 0.0372 e. The first-order valence-electron chi connectivity index (χ1n) is 5.28. The molecule has 1 nitrogen and oxygen atoms in total. The lowest BCUT2D eigenvalue weighted by molar-refractivity contribution is 0.785. The highest BCUT2D eigenvalue weighted by Crippen LogP contribution is 2.19. The van der Waals surface area contributed by atoms with E-state index in [4.69, 9.17) is 0 Å². The van der Waals surface area contributed by atoms with Gasteiger partial charge in [-0.25, -0.2) is 0 Å². The quantitative estimate of drug-likeness (QED) is 0.640. The first kappa shape index (κ1) is 10.1. The van der Waals surface area contributed by atoms with Crippen LogP contribution in [0.15, 0.2) is 24.3 Å². The van der Waals surface area contributed by atoms with Crippen LogP contribution in [0.1, 0.15) is 33.7 Å². The highest BCUT2D eigenvalue weighted by Gasteiger charge is 2.04. The van der Waals surface area contributed by atoms with Crippen molar-refractivity contribution in [3.8, 4) is 0 Å². The number of hydrogen-bond acceptors (Lipinski definition) is 1. The Kier molecular flexibility index (Phi) is 4.37. The molecule has 0 saturated heterocycles. The summed E-state index contributed by atoms with van der Waals surface area (Å²) in [5.74, 6) is 0. The van der Waals surface area contributed by atoms with Crippen LogP contribution >= 0.6 is 0 Å². The van der Waals surface area contributed by atoms with E-state index >= 15 is 0 Å². The number of hydrogen-bond donors (Lipinski definition) is 1. The van der Waals surface area contributed by atoms with Crippen molar-refractivity contribution in [3.05, 3.63) is 29.8 Å². The number of anilines is 1. The average Bonchev–Trinajstić information content (AvgIpc) is 2.45. The van der Waals surface area contributed by atoms with Gasteiger partial charge in [0.15, 0.2) is 0 Å². The summed E-state index contributed by atoms with van der Waals surface area (Å²) in [5.41, 5.74) is 2.81. The van der Waals surface area contributed by atoms with Gasteiger partial charge in [-0.1, -0.05) is 32.0 Å². The third kappa shape index (κ3) is 2.76. The van der Waals surface area contributed by atoms with Gasteiger partial charge in [0.2, 0.25) is 0 Å². The molecule has 0 radical (unpaired) electrons. The SMILES string of the molecule is CC.[HH].c1ccc2c(c1)CCCCN2. The zero-order valence-electron chi connectivity index (χ0n) is 8.64. The monoisotopic (exact) mass is 179 g/mol. The first-order valence-corrected chi connectivity index (χ1v) is 5.28. The van der Waals surface area contributed by atoms with Crippen molar-refractivity contribution in [2.75, 3.05) is 11.9 Å². The van der Waals surface area contributed by atoms with E-state index < -0.39 is 0 Å². The molecule has 0 atom stereocenters. The Morgan fingerprint density at radius 1 is 1.15 bits per heavy atom. The Balaban J connectivity index is 0.000000531. The highest BCUT2D eigenvalue weighted by molar-refractivity contribution is 5.51. The summed E-state index contributed by atoms with van der Waals surface area (Å²) in [6.45, 7) is 5.14. The van der Waals surface area contributed by atoms with Gasteiger partial charge in [-0.2, -0.15) is 0 Å². The average molecular weight is 179 g/mol. The lowest BCUT2D eigenvalue weighted by atomic mass is 10.1. The molecule has 0 unspecified atom stereocenters. The molecule has 1 aliphatic heterocycles. The summed E-state index contributed by atoms with van der Waals surface area (Å²) < 4.78 is 0. The fraction of sp³-hybridized carbons (Fsp3) is 0.500. The van der Waals surface area contributed by atoms with Gasteiger partial charge in [0.05, 0.1) is 0 Å². The minimum atomic E-state index is 0. The van der Waals surface area contributed by atoms with Gasteiger partial charge in [-0.3, -0.25) is 0 Å². The maximum atomic E-state index is 3.43. The lowest BCUT2D eigenvalue weighted by Gasteiger charge is -2.04. The summed E-state index contributed by atoms with van der Waals surface area (Å²) >= 11 is 0. The molecule has 0 saturated carbocycles. The molecule has 1 heterocycles. The Morgan fingerprint density at radius 3 is 2.77 bits per heavy atom. The van der Waals surface area contributed by atoms with Crippen LogP contribution in [-0.2, 0) is 6.42 Å². The standard InChI is InChI=1S/C10H13N.C2H6.H2/c1-2-7-10-9(5-1)6-3-4-8-11-10;1-2;/h1-2,5,7,11H,3-4,6,8H2;1-2H3;1H. The summed E-state index contributed by atoms with van der Waals surface area (Å²) in [7, 11) is 0. The third-order valence-electron chi connectivity index (χ3n) is 2.21. The van der Waals surface area contributed by atoms with E-state index in [0.29, 0.717) is 0 Å². The molecule has 1 N–H and O–H groups in total. The van der Waals surface area contributed by atoms with Crippen molar-refractivity contribution in [2.45, 2.75) is 33.1 Å². The number of nitrogens with one attached hydrogen (secondary N) is 1. The van der Waals surface area contributed by atoms with Gasteiger partial charge in [-0.05, 0) is 30.9 Å². The van der Waals surface area contributed by atoms with Crippen molar-refractivity contribution >= 4 is 5.69 Å². The van der Waals surface area contributed by atoms with E-state index in [1.165, 1.54) is 30.5 Å². The van der Waals surface area contributed by atoms with Gasteiger partial charge in [-0.15, -0.1) is 0 Å². The van der Waals surface area contributed by atoms with Crippen LogP contribution in [0.2, 0.25) is 0 Å². The smallest absolute Gasteiger partial charge is 0.0372 e. The van der Waals surface area contributed by atoms with Crippen LogP contribution < -0.4 is 5.32 Å². The minimum Gasteiger partial charge on any atom is -0.385 e. The van der Waals surface area contributed by atoms with E-state index in [9.17, 15) is 0 Å². The Hall–Kier alpha value is -0.980. The molecule has 2 rings (SSSR count). The molecule has 0 bridgehead atoms. The molecular weight excluding hydrogens is 158 g/mol. The topological polar surface area (TPSA) is 12.0 Å². The molecule has 74 valence electrons. The van der Waals surface area contributed by atoms with Crippen molar-refractivity contribution < 1.29 is 1.43 Å². The maximum absolute atomic E-state index is 3.43. The summed E-state index contributed by atoms with van der Waals surface area (Å²) in [4.78, 5) is 0. The number of aryl methyl sites for hydroxylation is 1. The molecule has 0 amide bonds. The Bertz CT molecular complexity index is 223. The molecule has 0 fully saturated rings. The van der Waals surface area contributed by atoms with Crippen LogP contribution in [0.3, 0.4) is 0 Å². The minimum absolute atomic E-state index is 0. The number of rotatable bonds is 0. The molecule has 1 aromatic rings. The Morgan fingerprint density at radius 2 is 1.92 bits per heavy atom. The van der Waals surface area contributed by atoms with Crippen molar-refractivity contribution in [3.63, 3.8) is 0 Å². The molecule has 1 heteroatoms. The van der Waals surface area contributed by atoms with Crippen LogP contribution in [0, 0.1) is 0 Å². The van der Waals surface area contributed by atoms with Crippen LogP contribution in [-0.4, -0.2) is 6.54 Å². The van der Waals surface area contributed by atoms with E-state index in [-0.39, 0.29) is 1.43 Å². The first-order chi connectivity index (χ1) is 6.47. The summed E-state index contributed by atoms with van der Waals surface area (Å²) in [5, 5.41) is 3.43. The predicted octanol–water partition coefficient (Wildman–Crippen LogP) is 3.71. The van der Waals surface area contributed by atoms with Crippen molar-refractivity contribution in [2.24, 2.45) is 0 Å². The molecular formula is C12H21N. The summed E-state index contributed by atoms with van der Waals surface area (Å²) in [6, 6.07) is 8.59. The number of para-hydroxylation sites is 1. The fourth-order valence-corrected chi connectivity index (χ4v) is 1.57. The molecule has 1 aromatic carbocycles.